The van der Waals surface area contributed by atoms with Crippen LogP contribution in [0.25, 0.3) is 10.9 Å². The number of carbonyl (C=O) groups excluding carboxylic acids is 2. The Labute approximate surface area is 166 Å². The fourth-order valence-corrected chi connectivity index (χ4v) is 3.58. The Morgan fingerprint density at radius 1 is 0.931 bits per heavy atom. The van der Waals surface area contributed by atoms with Gasteiger partial charge in [-0.1, -0.05) is 17.7 Å². The fraction of sp³-hybridized carbons (Fsp3) is 0.227. The standard InChI is InChI=1S/C22H20FN3O3/c1-14-3-2-4-16(11-14)21(28)25-7-9-26(10-8-25)22(29)18-12-15-5-6-17(23)13-19(15)24-20(18)27/h2-6,11-13H,7-10H2,1H3,(H,24,27). The summed E-state index contributed by atoms with van der Waals surface area (Å²) in [6, 6.07) is 12.9. The Kier molecular flexibility index (Phi) is 4.88. The molecule has 4 rings (SSSR count). The molecule has 0 aliphatic carbocycles. The molecule has 148 valence electrons. The Morgan fingerprint density at radius 2 is 1.62 bits per heavy atom. The van der Waals surface area contributed by atoms with Gasteiger partial charge in [-0.3, -0.25) is 14.4 Å². The van der Waals surface area contributed by atoms with Gasteiger partial charge in [0.05, 0.1) is 5.52 Å². The lowest BCUT2D eigenvalue weighted by Gasteiger charge is -2.34. The van der Waals surface area contributed by atoms with Crippen molar-refractivity contribution in [1.82, 2.24) is 14.8 Å². The third kappa shape index (κ3) is 3.76. The van der Waals surface area contributed by atoms with Gasteiger partial charge in [0.15, 0.2) is 0 Å². The minimum absolute atomic E-state index is 0.0163. The number of hydrogen-bond donors (Lipinski definition) is 1. The number of piperazine rings is 1. The lowest BCUT2D eigenvalue weighted by molar-refractivity contribution is 0.0534. The minimum atomic E-state index is -0.550. The van der Waals surface area contributed by atoms with Crippen LogP contribution in [0, 0.1) is 12.7 Å². The Bertz CT molecular complexity index is 1160. The molecule has 2 aromatic carbocycles. The predicted octanol–water partition coefficient (Wildman–Crippen LogP) is 2.57. The number of aromatic amines is 1. The van der Waals surface area contributed by atoms with Crippen LogP contribution < -0.4 is 5.56 Å². The molecule has 1 aliphatic rings. The highest BCUT2D eigenvalue weighted by Crippen LogP contribution is 2.15. The van der Waals surface area contributed by atoms with Crippen molar-refractivity contribution in [2.45, 2.75) is 6.92 Å². The molecule has 1 aliphatic heterocycles. The van der Waals surface area contributed by atoms with Crippen LogP contribution in [0.3, 0.4) is 0 Å². The van der Waals surface area contributed by atoms with Crippen LogP contribution in [-0.4, -0.2) is 52.8 Å². The molecule has 0 spiro atoms. The van der Waals surface area contributed by atoms with Gasteiger partial charge < -0.3 is 14.8 Å². The smallest absolute Gasteiger partial charge is 0.261 e. The first-order chi connectivity index (χ1) is 13.9. The second kappa shape index (κ2) is 7.50. The molecule has 29 heavy (non-hydrogen) atoms. The largest absolute Gasteiger partial charge is 0.335 e. The molecule has 0 unspecified atom stereocenters. The Balaban J connectivity index is 1.48. The monoisotopic (exact) mass is 393 g/mol. The number of aromatic nitrogens is 1. The first-order valence-electron chi connectivity index (χ1n) is 9.40. The molecular formula is C22H20FN3O3. The van der Waals surface area contributed by atoms with Gasteiger partial charge in [0.2, 0.25) is 0 Å². The number of nitrogens with one attached hydrogen (secondary N) is 1. The second-order valence-electron chi connectivity index (χ2n) is 7.20. The summed E-state index contributed by atoms with van der Waals surface area (Å²) in [5.41, 5.74) is 1.46. The number of hydrogen-bond acceptors (Lipinski definition) is 3. The van der Waals surface area contributed by atoms with Crippen LogP contribution in [0.2, 0.25) is 0 Å². The zero-order valence-corrected chi connectivity index (χ0v) is 15.9. The Morgan fingerprint density at radius 3 is 2.31 bits per heavy atom. The van der Waals surface area contributed by atoms with E-state index >= 15 is 0 Å². The maximum atomic E-state index is 13.3. The number of pyridine rings is 1. The number of H-pyrrole nitrogens is 1. The number of carbonyl (C=O) groups is 2. The van der Waals surface area contributed by atoms with Gasteiger partial charge >= 0.3 is 0 Å². The lowest BCUT2D eigenvalue weighted by atomic mass is 10.1. The third-order valence-corrected chi connectivity index (χ3v) is 5.16. The van der Waals surface area contributed by atoms with Gasteiger partial charge in [0.1, 0.15) is 11.4 Å². The molecule has 1 fully saturated rings. The zero-order chi connectivity index (χ0) is 20.5. The van der Waals surface area contributed by atoms with Crippen LogP contribution in [0.4, 0.5) is 4.39 Å². The summed E-state index contributed by atoms with van der Waals surface area (Å²) in [7, 11) is 0. The summed E-state index contributed by atoms with van der Waals surface area (Å²) in [5.74, 6) is -0.909. The summed E-state index contributed by atoms with van der Waals surface area (Å²) < 4.78 is 13.3. The molecule has 0 saturated carbocycles. The van der Waals surface area contributed by atoms with Gasteiger partial charge in [-0.25, -0.2) is 4.39 Å². The molecule has 3 aromatic rings. The molecule has 1 saturated heterocycles. The summed E-state index contributed by atoms with van der Waals surface area (Å²) in [6.45, 7) is 3.42. The summed E-state index contributed by atoms with van der Waals surface area (Å²) in [6.07, 6.45) is 0. The van der Waals surface area contributed by atoms with Crippen LogP contribution in [0.15, 0.2) is 53.3 Å². The van der Waals surface area contributed by atoms with Crippen molar-refractivity contribution in [1.29, 1.82) is 0 Å². The molecule has 1 aromatic heterocycles. The van der Waals surface area contributed by atoms with Crippen molar-refractivity contribution in [2.75, 3.05) is 26.2 Å². The van der Waals surface area contributed by atoms with E-state index in [2.05, 4.69) is 4.98 Å². The zero-order valence-electron chi connectivity index (χ0n) is 15.9. The molecule has 0 bridgehead atoms. The van der Waals surface area contributed by atoms with Crippen molar-refractivity contribution in [3.63, 3.8) is 0 Å². The highest BCUT2D eigenvalue weighted by Gasteiger charge is 2.27. The van der Waals surface area contributed by atoms with Crippen molar-refractivity contribution in [2.24, 2.45) is 0 Å². The van der Waals surface area contributed by atoms with Gasteiger partial charge in [0.25, 0.3) is 17.4 Å². The average molecular weight is 393 g/mol. The van der Waals surface area contributed by atoms with E-state index in [9.17, 15) is 18.8 Å². The first kappa shape index (κ1) is 18.9. The SMILES string of the molecule is Cc1cccc(C(=O)N2CCN(C(=O)c3cc4ccc(F)cc4[nH]c3=O)CC2)c1. The highest BCUT2D eigenvalue weighted by atomic mass is 19.1. The number of fused-ring (bicyclic) bond motifs is 1. The normalized spacial score (nSPS) is 14.3. The van der Waals surface area contributed by atoms with Gasteiger partial charge in [0, 0.05) is 31.7 Å². The van der Waals surface area contributed by atoms with E-state index < -0.39 is 11.4 Å². The molecule has 2 heterocycles. The van der Waals surface area contributed by atoms with E-state index in [-0.39, 0.29) is 17.4 Å². The average Bonchev–Trinajstić information content (AvgIpc) is 2.72. The van der Waals surface area contributed by atoms with Gasteiger partial charge in [-0.15, -0.1) is 0 Å². The van der Waals surface area contributed by atoms with E-state index in [1.54, 1.807) is 15.9 Å². The van der Waals surface area contributed by atoms with Crippen LogP contribution in [0.1, 0.15) is 26.3 Å². The summed E-state index contributed by atoms with van der Waals surface area (Å²) in [5, 5.41) is 0.586. The first-order valence-corrected chi connectivity index (χ1v) is 9.40. The second-order valence-corrected chi connectivity index (χ2v) is 7.20. The maximum absolute atomic E-state index is 13.3. The molecular weight excluding hydrogens is 373 g/mol. The highest BCUT2D eigenvalue weighted by molar-refractivity contribution is 5.98. The molecule has 1 N–H and O–H groups in total. The van der Waals surface area contributed by atoms with Gasteiger partial charge in [-0.2, -0.15) is 0 Å². The van der Waals surface area contributed by atoms with E-state index in [0.29, 0.717) is 42.6 Å². The molecule has 6 nitrogen and oxygen atoms in total. The quantitative estimate of drug-likeness (QED) is 0.727. The predicted molar refractivity (Wildman–Crippen MR) is 108 cm³/mol. The number of rotatable bonds is 2. The van der Waals surface area contributed by atoms with Crippen LogP contribution in [-0.2, 0) is 0 Å². The summed E-state index contributed by atoms with van der Waals surface area (Å²) >= 11 is 0. The minimum Gasteiger partial charge on any atom is -0.335 e. The topological polar surface area (TPSA) is 73.5 Å². The fourth-order valence-electron chi connectivity index (χ4n) is 3.58. The molecule has 2 amide bonds. The van der Waals surface area contributed by atoms with E-state index in [0.717, 1.165) is 5.56 Å². The molecule has 0 radical (unpaired) electrons. The molecule has 7 heteroatoms. The number of nitrogens with zero attached hydrogens (tertiary/aromatic N) is 2. The van der Waals surface area contributed by atoms with Crippen LogP contribution >= 0.6 is 0 Å². The van der Waals surface area contributed by atoms with E-state index in [1.165, 1.54) is 24.3 Å². The maximum Gasteiger partial charge on any atom is 0.261 e. The van der Waals surface area contributed by atoms with E-state index in [4.69, 9.17) is 0 Å². The number of halogens is 1. The van der Waals surface area contributed by atoms with Gasteiger partial charge in [-0.05, 0) is 48.7 Å². The van der Waals surface area contributed by atoms with Crippen molar-refractivity contribution < 1.29 is 14.0 Å². The molecule has 0 atom stereocenters. The van der Waals surface area contributed by atoms with Crippen molar-refractivity contribution >= 4 is 22.7 Å². The Hall–Kier alpha value is -3.48. The number of aryl methyl sites for hydroxylation is 1. The summed E-state index contributed by atoms with van der Waals surface area (Å²) in [4.78, 5) is 43.7. The number of benzene rings is 2. The van der Waals surface area contributed by atoms with E-state index in [1.807, 2.05) is 25.1 Å². The number of amides is 2. The van der Waals surface area contributed by atoms with Crippen molar-refractivity contribution in [3.8, 4) is 0 Å². The van der Waals surface area contributed by atoms with Crippen molar-refractivity contribution in [3.05, 3.63) is 81.4 Å². The third-order valence-electron chi connectivity index (χ3n) is 5.16. The van der Waals surface area contributed by atoms with Crippen LogP contribution in [0.5, 0.6) is 0 Å². The lowest BCUT2D eigenvalue weighted by Crippen LogP contribution is -2.51.